The van der Waals surface area contributed by atoms with Crippen LogP contribution in [0.4, 0.5) is 20.9 Å². The third-order valence-electron chi connectivity index (χ3n) is 3.48. The van der Waals surface area contributed by atoms with Gasteiger partial charge in [-0.05, 0) is 49.2 Å². The predicted octanol–water partition coefficient (Wildman–Crippen LogP) is 4.77. The number of nitrogens with zero attached hydrogens (tertiary/aromatic N) is 2. The number of aromatic nitrogens is 2. The summed E-state index contributed by atoms with van der Waals surface area (Å²) in [4.78, 5) is 12.1. The van der Waals surface area contributed by atoms with Gasteiger partial charge in [0.2, 0.25) is 11.0 Å². The highest BCUT2D eigenvalue weighted by Crippen LogP contribution is 2.28. The molecular formula is C18H17FN4OS2. The van der Waals surface area contributed by atoms with E-state index in [4.69, 9.17) is 0 Å². The standard InChI is InChI=1S/C18H17FN4OS2/c1-11-4-3-5-14(8-11)20-17-22-23-18(26-17)25-10-16(24)21-15-9-13(19)7-6-12(15)2/h3-9H,10H2,1-2H3,(H,20,22)(H,21,24). The number of carbonyl (C=O) groups excluding carboxylic acids is 1. The fourth-order valence-electron chi connectivity index (χ4n) is 2.21. The minimum atomic E-state index is -0.380. The molecule has 0 fully saturated rings. The molecule has 1 amide bonds. The number of amides is 1. The Bertz CT molecular complexity index is 929. The monoisotopic (exact) mass is 388 g/mol. The topological polar surface area (TPSA) is 66.9 Å². The smallest absolute Gasteiger partial charge is 0.234 e. The summed E-state index contributed by atoms with van der Waals surface area (Å²) in [7, 11) is 0. The number of halogens is 1. The van der Waals surface area contributed by atoms with E-state index < -0.39 is 0 Å². The summed E-state index contributed by atoms with van der Waals surface area (Å²) in [5.74, 6) is -0.420. The Morgan fingerprint density at radius 2 is 2.04 bits per heavy atom. The zero-order valence-electron chi connectivity index (χ0n) is 14.2. The van der Waals surface area contributed by atoms with Gasteiger partial charge in [-0.15, -0.1) is 10.2 Å². The summed E-state index contributed by atoms with van der Waals surface area (Å²) in [5.41, 5.74) is 3.38. The second kappa shape index (κ2) is 8.29. The lowest BCUT2D eigenvalue weighted by Crippen LogP contribution is -2.14. The molecule has 2 aromatic carbocycles. The van der Waals surface area contributed by atoms with Gasteiger partial charge in [-0.25, -0.2) is 4.39 Å². The van der Waals surface area contributed by atoms with Crippen molar-refractivity contribution >= 4 is 45.5 Å². The maximum absolute atomic E-state index is 13.3. The molecule has 3 rings (SSSR count). The van der Waals surface area contributed by atoms with Crippen molar-refractivity contribution in [1.82, 2.24) is 10.2 Å². The van der Waals surface area contributed by atoms with Crippen LogP contribution in [0.5, 0.6) is 0 Å². The van der Waals surface area contributed by atoms with Crippen LogP contribution in [0.25, 0.3) is 0 Å². The molecule has 0 unspecified atom stereocenters. The molecule has 0 saturated heterocycles. The van der Waals surface area contributed by atoms with Crippen LogP contribution >= 0.6 is 23.1 Å². The Kier molecular flexibility index (Phi) is 5.85. The van der Waals surface area contributed by atoms with E-state index in [2.05, 4.69) is 20.8 Å². The third kappa shape index (κ3) is 5.03. The average Bonchev–Trinajstić information content (AvgIpc) is 3.04. The first kappa shape index (κ1) is 18.3. The maximum Gasteiger partial charge on any atom is 0.234 e. The van der Waals surface area contributed by atoms with Gasteiger partial charge >= 0.3 is 0 Å². The van der Waals surface area contributed by atoms with Crippen LogP contribution in [0.1, 0.15) is 11.1 Å². The summed E-state index contributed by atoms with van der Waals surface area (Å²) in [6.45, 7) is 3.83. The fraction of sp³-hybridized carbons (Fsp3) is 0.167. The van der Waals surface area contributed by atoms with E-state index in [1.165, 1.54) is 35.2 Å². The summed E-state index contributed by atoms with van der Waals surface area (Å²) < 4.78 is 14.0. The van der Waals surface area contributed by atoms with Crippen molar-refractivity contribution in [3.8, 4) is 0 Å². The van der Waals surface area contributed by atoms with Gasteiger partial charge in [0.1, 0.15) is 5.82 Å². The molecule has 0 aliphatic carbocycles. The molecule has 5 nitrogen and oxygen atoms in total. The molecular weight excluding hydrogens is 371 g/mol. The number of anilines is 3. The molecule has 3 aromatic rings. The quantitative estimate of drug-likeness (QED) is 0.596. The van der Waals surface area contributed by atoms with Gasteiger partial charge in [0.25, 0.3) is 0 Å². The van der Waals surface area contributed by atoms with Crippen molar-refractivity contribution in [2.45, 2.75) is 18.2 Å². The molecule has 0 radical (unpaired) electrons. The first-order chi connectivity index (χ1) is 12.5. The van der Waals surface area contributed by atoms with Gasteiger partial charge < -0.3 is 10.6 Å². The summed E-state index contributed by atoms with van der Waals surface area (Å²) in [6.07, 6.45) is 0. The summed E-state index contributed by atoms with van der Waals surface area (Å²) in [5, 5.41) is 14.7. The highest BCUT2D eigenvalue weighted by molar-refractivity contribution is 8.01. The van der Waals surface area contributed by atoms with E-state index in [1.807, 2.05) is 38.1 Å². The maximum atomic E-state index is 13.3. The van der Waals surface area contributed by atoms with Gasteiger partial charge in [-0.2, -0.15) is 0 Å². The molecule has 1 heterocycles. The molecule has 1 aromatic heterocycles. The number of carbonyl (C=O) groups is 1. The molecule has 0 bridgehead atoms. The van der Waals surface area contributed by atoms with E-state index in [-0.39, 0.29) is 17.5 Å². The number of hydrogen-bond donors (Lipinski definition) is 2. The summed E-state index contributed by atoms with van der Waals surface area (Å²) in [6, 6.07) is 12.3. The molecule has 134 valence electrons. The van der Waals surface area contributed by atoms with E-state index in [1.54, 1.807) is 6.07 Å². The first-order valence-electron chi connectivity index (χ1n) is 7.85. The van der Waals surface area contributed by atoms with Crippen LogP contribution < -0.4 is 10.6 Å². The van der Waals surface area contributed by atoms with Crippen molar-refractivity contribution < 1.29 is 9.18 Å². The SMILES string of the molecule is Cc1cccc(Nc2nnc(SCC(=O)Nc3cc(F)ccc3C)s2)c1. The first-order valence-corrected chi connectivity index (χ1v) is 9.66. The number of nitrogens with one attached hydrogen (secondary N) is 2. The van der Waals surface area contributed by atoms with Crippen molar-refractivity contribution in [1.29, 1.82) is 0 Å². The van der Waals surface area contributed by atoms with E-state index in [0.717, 1.165) is 16.8 Å². The highest BCUT2D eigenvalue weighted by Gasteiger charge is 2.10. The van der Waals surface area contributed by atoms with Crippen molar-refractivity contribution in [2.75, 3.05) is 16.4 Å². The fourth-order valence-corrected chi connectivity index (χ4v) is 3.78. The second-order valence-electron chi connectivity index (χ2n) is 5.66. The molecule has 2 N–H and O–H groups in total. The van der Waals surface area contributed by atoms with Crippen molar-refractivity contribution in [2.24, 2.45) is 0 Å². The number of benzene rings is 2. The summed E-state index contributed by atoms with van der Waals surface area (Å²) >= 11 is 2.67. The number of hydrogen-bond acceptors (Lipinski definition) is 6. The number of aryl methyl sites for hydroxylation is 2. The molecule has 0 aliphatic rings. The zero-order valence-corrected chi connectivity index (χ0v) is 15.9. The Morgan fingerprint density at radius 1 is 1.19 bits per heavy atom. The molecule has 0 atom stereocenters. The lowest BCUT2D eigenvalue weighted by Gasteiger charge is -2.07. The van der Waals surface area contributed by atoms with Gasteiger partial charge in [0, 0.05) is 11.4 Å². The van der Waals surface area contributed by atoms with Crippen LogP contribution in [-0.4, -0.2) is 21.9 Å². The van der Waals surface area contributed by atoms with Crippen LogP contribution in [-0.2, 0) is 4.79 Å². The lowest BCUT2D eigenvalue weighted by molar-refractivity contribution is -0.113. The van der Waals surface area contributed by atoms with Crippen LogP contribution in [0.15, 0.2) is 46.8 Å². The molecule has 8 heteroatoms. The van der Waals surface area contributed by atoms with Gasteiger partial charge in [-0.3, -0.25) is 4.79 Å². The largest absolute Gasteiger partial charge is 0.330 e. The van der Waals surface area contributed by atoms with E-state index in [9.17, 15) is 9.18 Å². The van der Waals surface area contributed by atoms with Gasteiger partial charge in [-0.1, -0.05) is 41.3 Å². The lowest BCUT2D eigenvalue weighted by atomic mass is 10.2. The number of rotatable bonds is 6. The van der Waals surface area contributed by atoms with Crippen LogP contribution in [0.3, 0.4) is 0 Å². The molecule has 0 saturated carbocycles. The minimum absolute atomic E-state index is 0.176. The Morgan fingerprint density at radius 3 is 2.85 bits per heavy atom. The zero-order chi connectivity index (χ0) is 18.5. The molecule has 26 heavy (non-hydrogen) atoms. The van der Waals surface area contributed by atoms with Crippen molar-refractivity contribution in [3.05, 3.63) is 59.4 Å². The normalized spacial score (nSPS) is 10.6. The van der Waals surface area contributed by atoms with Crippen LogP contribution in [0.2, 0.25) is 0 Å². The Labute approximate surface area is 159 Å². The highest BCUT2D eigenvalue weighted by atomic mass is 32.2. The number of thioether (sulfide) groups is 1. The van der Waals surface area contributed by atoms with Crippen LogP contribution in [0, 0.1) is 19.7 Å². The molecule has 0 aliphatic heterocycles. The Balaban J connectivity index is 1.54. The predicted molar refractivity (Wildman–Crippen MR) is 105 cm³/mol. The van der Waals surface area contributed by atoms with E-state index >= 15 is 0 Å². The van der Waals surface area contributed by atoms with Gasteiger partial charge in [0.15, 0.2) is 4.34 Å². The minimum Gasteiger partial charge on any atom is -0.330 e. The third-order valence-corrected chi connectivity index (χ3v) is 5.45. The average molecular weight is 388 g/mol. The van der Waals surface area contributed by atoms with Crippen molar-refractivity contribution in [3.63, 3.8) is 0 Å². The van der Waals surface area contributed by atoms with Gasteiger partial charge in [0.05, 0.1) is 5.75 Å². The molecule has 0 spiro atoms. The van der Waals surface area contributed by atoms with E-state index in [0.29, 0.717) is 15.2 Å². The Hall–Kier alpha value is -2.45. The second-order valence-corrected chi connectivity index (χ2v) is 7.86.